The predicted molar refractivity (Wildman–Crippen MR) is 134 cm³/mol. The minimum atomic E-state index is -1.37. The van der Waals surface area contributed by atoms with Crippen LogP contribution in [-0.2, 0) is 13.1 Å². The van der Waals surface area contributed by atoms with E-state index in [2.05, 4.69) is 9.97 Å². The molecule has 2 atom stereocenters. The van der Waals surface area contributed by atoms with Crippen molar-refractivity contribution in [1.82, 2.24) is 27.8 Å². The summed E-state index contributed by atoms with van der Waals surface area (Å²) in [4.78, 5) is 75.9. The molecule has 0 saturated heterocycles. The van der Waals surface area contributed by atoms with Crippen LogP contribution in [-0.4, -0.2) is 58.0 Å². The van der Waals surface area contributed by atoms with Crippen LogP contribution in [0.2, 0.25) is 0 Å². The second kappa shape index (κ2) is 15.2. The van der Waals surface area contributed by atoms with Crippen molar-refractivity contribution in [1.29, 1.82) is 0 Å². The van der Waals surface area contributed by atoms with E-state index < -0.39 is 34.6 Å². The molecule has 2 aromatic heterocycles. The van der Waals surface area contributed by atoms with Gasteiger partial charge < -0.3 is 5.11 Å². The summed E-state index contributed by atoms with van der Waals surface area (Å²) in [5, 5.41) is 8.74. The first-order valence-electron chi connectivity index (χ1n) is 10.7. The fraction of sp³-hybridized carbons (Fsp3) is 0.579. The van der Waals surface area contributed by atoms with Crippen molar-refractivity contribution in [2.24, 2.45) is 0 Å². The highest BCUT2D eigenvalue weighted by Gasteiger charge is 2.17. The zero-order valence-corrected chi connectivity index (χ0v) is 22.4. The van der Waals surface area contributed by atoms with Crippen LogP contribution in [0.5, 0.6) is 0 Å². The summed E-state index contributed by atoms with van der Waals surface area (Å²) in [6.07, 6.45) is 0.963. The Morgan fingerprint density at radius 1 is 0.794 bits per heavy atom. The van der Waals surface area contributed by atoms with Crippen molar-refractivity contribution >= 4 is 29.2 Å². The second-order valence-electron chi connectivity index (χ2n) is 6.09. The molecular formula is C19H32N6O7P2. The van der Waals surface area contributed by atoms with Gasteiger partial charge in [-0.1, -0.05) is 20.8 Å². The highest BCUT2D eigenvalue weighted by atomic mass is 31.1. The molecule has 2 aromatic rings. The number of carboxylic acid groups (broad SMARTS) is 1. The van der Waals surface area contributed by atoms with Crippen LogP contribution in [0.1, 0.15) is 68.7 Å². The molecule has 0 aromatic carbocycles. The summed E-state index contributed by atoms with van der Waals surface area (Å²) >= 11 is 0. The molecule has 0 saturated carbocycles. The molecule has 0 aliphatic rings. The van der Waals surface area contributed by atoms with Crippen LogP contribution >= 0.6 is 17.5 Å². The van der Waals surface area contributed by atoms with Crippen LogP contribution in [0.3, 0.4) is 0 Å². The summed E-state index contributed by atoms with van der Waals surface area (Å²) < 4.78 is 4.18. The molecule has 2 unspecified atom stereocenters. The highest BCUT2D eigenvalue weighted by molar-refractivity contribution is 7.35. The maximum Gasteiger partial charge on any atom is 0.372 e. The van der Waals surface area contributed by atoms with Gasteiger partial charge in [0.2, 0.25) is 5.82 Å². The number of nitrogens with zero attached hydrogens (tertiary/aromatic N) is 6. The van der Waals surface area contributed by atoms with Gasteiger partial charge in [-0.25, -0.2) is 33.1 Å². The van der Waals surface area contributed by atoms with Gasteiger partial charge in [0.15, 0.2) is 11.6 Å². The Balaban J connectivity index is 0.000000601. The molecule has 1 N–H and O–H groups in total. The molecule has 0 aliphatic carbocycles. The van der Waals surface area contributed by atoms with Gasteiger partial charge in [-0.15, -0.1) is 0 Å². The van der Waals surface area contributed by atoms with Gasteiger partial charge in [0.25, 0.3) is 0 Å². The maximum atomic E-state index is 11.9. The standard InChI is InChI=1S/C10H16N3O3P.C7H10N3O4P.C2H6/c1-4-6-7(14)8-11-9(15)12(5-2)10(16)13(8)17-3;1-3-9-6(13)8-4(5(11)12)10(15-2)7(9)14;1-2/h17H,4-6H2,1-3H3;15H,3H2,1-2H3,(H,11,12);1-2H3. The predicted octanol–water partition coefficient (Wildman–Crippen LogP) is 0.700. The molecule has 0 radical (unpaired) electrons. The first kappa shape index (κ1) is 31.2. The van der Waals surface area contributed by atoms with E-state index in [-0.39, 0.29) is 42.2 Å². The van der Waals surface area contributed by atoms with E-state index in [0.717, 1.165) is 13.5 Å². The number of rotatable bonds is 8. The summed E-state index contributed by atoms with van der Waals surface area (Å²) in [6, 6.07) is 0. The number of hydrogen-bond donors (Lipinski definition) is 1. The molecule has 0 fully saturated rings. The fourth-order valence-corrected chi connectivity index (χ4v) is 3.97. The van der Waals surface area contributed by atoms with Crippen LogP contribution < -0.4 is 22.8 Å². The van der Waals surface area contributed by atoms with Gasteiger partial charge in [0, 0.05) is 19.5 Å². The first-order valence-corrected chi connectivity index (χ1v) is 13.6. The quantitative estimate of drug-likeness (QED) is 0.391. The Bertz CT molecular complexity index is 1230. The largest absolute Gasteiger partial charge is 0.475 e. The van der Waals surface area contributed by atoms with E-state index in [9.17, 15) is 28.8 Å². The molecule has 0 bridgehead atoms. The summed E-state index contributed by atoms with van der Waals surface area (Å²) in [7, 11) is -0.000805. The average Bonchev–Trinajstić information content (AvgIpc) is 2.80. The third kappa shape index (κ3) is 7.36. The molecule has 0 aliphatic heterocycles. The number of carbonyl (C=O) groups excluding carboxylic acids is 1. The molecular weight excluding hydrogens is 486 g/mol. The number of Topliss-reactive ketones (excluding diaryl/α,β-unsaturated/α-hetero) is 1. The van der Waals surface area contributed by atoms with Gasteiger partial charge in [-0.2, -0.15) is 9.97 Å². The van der Waals surface area contributed by atoms with E-state index in [1.165, 1.54) is 4.34 Å². The van der Waals surface area contributed by atoms with E-state index in [0.29, 0.717) is 12.8 Å². The van der Waals surface area contributed by atoms with Crippen molar-refractivity contribution in [2.75, 3.05) is 13.3 Å². The smallest absolute Gasteiger partial charge is 0.372 e. The lowest BCUT2D eigenvalue weighted by atomic mass is 10.2. The topological polar surface area (TPSA) is 168 Å². The molecule has 15 heteroatoms. The molecule has 190 valence electrons. The number of aromatic nitrogens is 6. The van der Waals surface area contributed by atoms with Gasteiger partial charge in [-0.05, 0) is 51.1 Å². The minimum Gasteiger partial charge on any atom is -0.475 e. The van der Waals surface area contributed by atoms with Crippen LogP contribution in [0.4, 0.5) is 0 Å². The monoisotopic (exact) mass is 518 g/mol. The van der Waals surface area contributed by atoms with Gasteiger partial charge >= 0.3 is 28.7 Å². The first-order chi connectivity index (χ1) is 16.1. The fourth-order valence-electron chi connectivity index (χ4n) is 2.60. The van der Waals surface area contributed by atoms with Gasteiger partial charge in [0.1, 0.15) is 0 Å². The molecule has 0 amide bonds. The Labute approximate surface area is 199 Å². The number of aromatic carboxylic acids is 1. The second-order valence-corrected chi connectivity index (χ2v) is 7.87. The van der Waals surface area contributed by atoms with E-state index in [1.54, 1.807) is 27.2 Å². The van der Waals surface area contributed by atoms with Crippen molar-refractivity contribution in [3.05, 3.63) is 53.6 Å². The average molecular weight is 518 g/mol. The lowest BCUT2D eigenvalue weighted by Gasteiger charge is -2.10. The summed E-state index contributed by atoms with van der Waals surface area (Å²) in [5.74, 6) is -2.14. The zero-order valence-electron chi connectivity index (χ0n) is 20.4. The third-order valence-corrected chi connectivity index (χ3v) is 5.83. The Hall–Kier alpha value is -2.78. The van der Waals surface area contributed by atoms with E-state index in [4.69, 9.17) is 5.11 Å². The number of ketones is 1. The normalized spacial score (nSPS) is 10.7. The number of carboxylic acids is 1. The van der Waals surface area contributed by atoms with Gasteiger partial charge in [-0.3, -0.25) is 13.5 Å². The highest BCUT2D eigenvalue weighted by Crippen LogP contribution is 2.09. The van der Waals surface area contributed by atoms with E-state index >= 15 is 0 Å². The van der Waals surface area contributed by atoms with Crippen molar-refractivity contribution < 1.29 is 14.7 Å². The molecule has 2 rings (SSSR count). The molecule has 2 heterocycles. The Morgan fingerprint density at radius 3 is 1.50 bits per heavy atom. The van der Waals surface area contributed by atoms with Crippen LogP contribution in [0.25, 0.3) is 0 Å². The lowest BCUT2D eigenvalue weighted by Crippen LogP contribution is -2.42. The molecule has 13 nitrogen and oxygen atoms in total. The maximum absolute atomic E-state index is 11.9. The number of hydrogen-bond acceptors (Lipinski definition) is 8. The van der Waals surface area contributed by atoms with Crippen molar-refractivity contribution in [3.8, 4) is 0 Å². The summed E-state index contributed by atoms with van der Waals surface area (Å²) in [5.41, 5.74) is -2.55. The Morgan fingerprint density at radius 2 is 1.18 bits per heavy atom. The molecule has 34 heavy (non-hydrogen) atoms. The lowest BCUT2D eigenvalue weighted by molar-refractivity contribution is 0.0679. The minimum absolute atomic E-state index is 0.00705. The van der Waals surface area contributed by atoms with Crippen molar-refractivity contribution in [3.63, 3.8) is 0 Å². The SMILES string of the molecule is CC.CCCC(=O)c1nc(=O)n(CC)c(=O)n1PC.CCn1c(=O)nc(C(=O)O)n(PC)c1=O. The van der Waals surface area contributed by atoms with Crippen LogP contribution in [0.15, 0.2) is 19.2 Å². The van der Waals surface area contributed by atoms with E-state index in [1.807, 2.05) is 20.8 Å². The van der Waals surface area contributed by atoms with Crippen molar-refractivity contribution in [2.45, 2.75) is 60.5 Å². The molecule has 0 spiro atoms. The summed E-state index contributed by atoms with van der Waals surface area (Å²) in [6.45, 7) is 13.0. The Kier molecular flexibility index (Phi) is 13.9. The van der Waals surface area contributed by atoms with Crippen LogP contribution in [0, 0.1) is 0 Å². The zero-order chi connectivity index (χ0) is 26.6. The third-order valence-electron chi connectivity index (χ3n) is 4.13. The number of carbonyl (C=O) groups is 2. The van der Waals surface area contributed by atoms with Gasteiger partial charge in [0.05, 0.1) is 0 Å².